The van der Waals surface area contributed by atoms with E-state index in [1.54, 1.807) is 0 Å². The van der Waals surface area contributed by atoms with Gasteiger partial charge in [0.25, 0.3) is 0 Å². The molecule has 1 N–H and O–H groups in total. The minimum absolute atomic E-state index is 0. The number of rotatable bonds is 0. The molecule has 1 heterocycles. The largest absolute Gasteiger partial charge is 2.00 e. The molecule has 1 aromatic rings. The average molecular weight is 154 g/mol. The van der Waals surface area contributed by atoms with Gasteiger partial charge < -0.3 is 17.4 Å². The van der Waals surface area contributed by atoms with Crippen molar-refractivity contribution in [1.82, 2.24) is 4.98 Å². The molecule has 0 radical (unpaired) electrons. The van der Waals surface area contributed by atoms with Crippen LogP contribution in [-0.2, 0) is 0 Å². The van der Waals surface area contributed by atoms with Crippen molar-refractivity contribution in [2.24, 2.45) is 0 Å². The fraction of sp³-hybridized carbons (Fsp3) is 0.333. The second-order valence-corrected chi connectivity index (χ2v) is 1.72. The van der Waals surface area contributed by atoms with Crippen molar-refractivity contribution in [2.45, 2.75) is 13.8 Å². The van der Waals surface area contributed by atoms with Gasteiger partial charge in [-0.3, -0.25) is 0 Å². The van der Waals surface area contributed by atoms with E-state index in [4.69, 9.17) is 0 Å². The summed E-state index contributed by atoms with van der Waals surface area (Å²) < 4.78 is 0. The molecule has 0 atom stereocenters. The molecule has 0 spiro atoms. The van der Waals surface area contributed by atoms with Gasteiger partial charge in [-0.2, -0.15) is 11.1 Å². The Balaban J connectivity index is 0. The van der Waals surface area contributed by atoms with E-state index in [9.17, 15) is 0 Å². The summed E-state index contributed by atoms with van der Waals surface area (Å²) in [5, 5.41) is 0. The average Bonchev–Trinajstić information content (AvgIpc) is 1.91. The summed E-state index contributed by atoms with van der Waals surface area (Å²) in [6, 6.07) is 0. The molecule has 0 bridgehead atoms. The Kier molecular flexibility index (Phi) is 6.89. The van der Waals surface area contributed by atoms with Crippen LogP contribution in [0.25, 0.3) is 0 Å². The Morgan fingerprint density at radius 2 is 2.00 bits per heavy atom. The van der Waals surface area contributed by atoms with Gasteiger partial charge in [-0.1, -0.05) is 13.8 Å². The number of aryl methyl sites for hydroxylation is 2. The molecule has 46 valence electrons. The van der Waals surface area contributed by atoms with Crippen molar-refractivity contribution < 1.29 is 12.4 Å². The van der Waals surface area contributed by atoms with Crippen molar-refractivity contribution in [1.29, 1.82) is 0 Å². The molecule has 1 nitrogen and oxygen atoms in total. The fourth-order valence-electron chi connectivity index (χ4n) is 0.459. The Morgan fingerprint density at radius 1 is 1.44 bits per heavy atom. The Labute approximate surface area is 77.8 Å². The van der Waals surface area contributed by atoms with E-state index in [0.29, 0.717) is 0 Å². The van der Waals surface area contributed by atoms with E-state index in [0.717, 1.165) is 0 Å². The second kappa shape index (κ2) is 5.15. The van der Waals surface area contributed by atoms with Crippen molar-refractivity contribution in [2.75, 3.05) is 0 Å². The first kappa shape index (κ1) is 12.1. The first-order valence-electron chi connectivity index (χ1n) is 2.33. The van der Waals surface area contributed by atoms with Gasteiger partial charge in [-0.05, 0) is 0 Å². The van der Waals surface area contributed by atoms with E-state index < -0.39 is 0 Å². The van der Waals surface area contributed by atoms with Crippen LogP contribution in [0, 0.1) is 20.0 Å². The van der Waals surface area contributed by atoms with Crippen molar-refractivity contribution in [3.63, 3.8) is 0 Å². The zero-order valence-corrected chi connectivity index (χ0v) is 7.83. The first-order chi connectivity index (χ1) is 3.30. The smallest absolute Gasteiger partial charge is 1.00 e. The summed E-state index contributed by atoms with van der Waals surface area (Å²) in [7, 11) is 0. The molecule has 0 aliphatic rings. The zero-order chi connectivity index (χ0) is 5.28. The monoisotopic (exact) mass is 153 g/mol. The van der Waals surface area contributed by atoms with E-state index in [1.165, 1.54) is 11.1 Å². The minimum Gasteiger partial charge on any atom is -1.00 e. The van der Waals surface area contributed by atoms with Gasteiger partial charge in [-0.25, -0.2) is 0 Å². The van der Waals surface area contributed by atoms with Gasteiger partial charge in [0.05, 0.1) is 0 Å². The Morgan fingerprint density at radius 3 is 2.11 bits per heavy atom. The summed E-state index contributed by atoms with van der Waals surface area (Å²) in [4.78, 5) is 2.87. The number of H-pyrrole nitrogens is 1. The van der Waals surface area contributed by atoms with Gasteiger partial charge in [0.1, 0.15) is 0 Å². The number of hydrogen-bond acceptors (Lipinski definition) is 0. The Hall–Kier alpha value is 0.336. The summed E-state index contributed by atoms with van der Waals surface area (Å²) >= 11 is 0. The van der Waals surface area contributed by atoms with Crippen LogP contribution in [0.4, 0.5) is 0 Å². The van der Waals surface area contributed by atoms with E-state index in [1.807, 2.05) is 13.1 Å². The van der Waals surface area contributed by atoms with Gasteiger partial charge in [0, 0.05) is 0 Å². The fourth-order valence-corrected chi connectivity index (χ4v) is 0.459. The molecule has 0 aromatic carbocycles. The molecular weight excluding hydrogens is 146 g/mol. The predicted octanol–water partition coefficient (Wildman–Crippen LogP) is -1.95. The molecule has 0 aliphatic carbocycles. The van der Waals surface area contributed by atoms with Crippen molar-refractivity contribution in [3.05, 3.63) is 23.5 Å². The third-order valence-electron chi connectivity index (χ3n) is 1.14. The summed E-state index contributed by atoms with van der Waals surface area (Å²) in [6.45, 7) is 4.09. The van der Waals surface area contributed by atoms with E-state index in [2.05, 4.69) is 18.1 Å². The molecule has 0 aliphatic heterocycles. The molecule has 1 rings (SSSR count). The quantitative estimate of drug-likeness (QED) is 0.330. The normalized spacial score (nSPS) is 7.33. The number of halogens is 1. The second-order valence-electron chi connectivity index (χ2n) is 1.72. The molecule has 1 aromatic heterocycles. The topological polar surface area (TPSA) is 15.8 Å². The summed E-state index contributed by atoms with van der Waals surface area (Å²) in [6.07, 6.45) is 4.88. The molecule has 0 saturated heterocycles. The molecule has 0 fully saturated rings. The molecule has 0 unspecified atom stereocenters. The van der Waals surface area contributed by atoms with Crippen LogP contribution in [0.1, 0.15) is 11.1 Å². The van der Waals surface area contributed by atoms with Crippen LogP contribution >= 0.6 is 0 Å². The van der Waals surface area contributed by atoms with Crippen LogP contribution in [0.15, 0.2) is 6.20 Å². The number of aromatic nitrogens is 1. The SMILES string of the molecule is Cc1[c-][nH]cc1C.[Cl-].[Mg+2]. The maximum absolute atomic E-state index is 2.94. The molecular formula is C6H8ClMgN. The Bertz CT molecular complexity index is 145. The molecule has 3 heteroatoms. The van der Waals surface area contributed by atoms with Gasteiger partial charge in [0.2, 0.25) is 0 Å². The van der Waals surface area contributed by atoms with Crippen molar-refractivity contribution in [3.8, 4) is 0 Å². The standard InChI is InChI=1S/C6H8N.ClH.Mg/c1-5-3-7-4-6(5)2;;/h3,7H,1-2H3;1H;/q-1;;+2/p-1. The zero-order valence-electron chi connectivity index (χ0n) is 5.66. The van der Waals surface area contributed by atoms with Gasteiger partial charge >= 0.3 is 23.1 Å². The van der Waals surface area contributed by atoms with E-state index >= 15 is 0 Å². The van der Waals surface area contributed by atoms with Crippen LogP contribution in [0.5, 0.6) is 0 Å². The number of hydrogen-bond donors (Lipinski definition) is 1. The van der Waals surface area contributed by atoms with Gasteiger partial charge in [0.15, 0.2) is 0 Å². The molecule has 9 heavy (non-hydrogen) atoms. The third-order valence-corrected chi connectivity index (χ3v) is 1.14. The van der Waals surface area contributed by atoms with Crippen LogP contribution in [-0.4, -0.2) is 28.0 Å². The maximum atomic E-state index is 2.94. The first-order valence-corrected chi connectivity index (χ1v) is 2.33. The van der Waals surface area contributed by atoms with Crippen LogP contribution in [0.3, 0.4) is 0 Å². The summed E-state index contributed by atoms with van der Waals surface area (Å²) in [5.74, 6) is 0. The van der Waals surface area contributed by atoms with Crippen molar-refractivity contribution >= 4 is 23.1 Å². The molecule has 0 saturated carbocycles. The summed E-state index contributed by atoms with van der Waals surface area (Å²) in [5.41, 5.74) is 2.49. The maximum Gasteiger partial charge on any atom is 2.00 e. The van der Waals surface area contributed by atoms with E-state index in [-0.39, 0.29) is 35.5 Å². The predicted molar refractivity (Wildman–Crippen MR) is 34.9 cm³/mol. The van der Waals surface area contributed by atoms with Crippen LogP contribution in [0.2, 0.25) is 0 Å². The third kappa shape index (κ3) is 3.13. The number of aromatic amines is 1. The molecule has 0 amide bonds. The van der Waals surface area contributed by atoms with Gasteiger partial charge in [-0.15, -0.1) is 12.4 Å². The number of nitrogens with one attached hydrogen (secondary N) is 1. The van der Waals surface area contributed by atoms with Crippen LogP contribution < -0.4 is 12.4 Å². The minimum atomic E-state index is 0.